The van der Waals surface area contributed by atoms with E-state index in [0.29, 0.717) is 17.9 Å². The molecule has 3 aliphatic rings. The van der Waals surface area contributed by atoms with Crippen molar-refractivity contribution >= 4 is 5.91 Å². The molecular weight excluding hydrogens is 260 g/mol. The van der Waals surface area contributed by atoms with Crippen molar-refractivity contribution in [2.24, 2.45) is 11.8 Å². The van der Waals surface area contributed by atoms with Gasteiger partial charge in [-0.25, -0.2) is 0 Å². The molecule has 0 aliphatic carbocycles. The number of hydrogen-bond donors (Lipinski definition) is 1. The second kappa shape index (κ2) is 5.91. The van der Waals surface area contributed by atoms with Gasteiger partial charge < -0.3 is 5.32 Å². The molecule has 1 unspecified atom stereocenters. The summed E-state index contributed by atoms with van der Waals surface area (Å²) >= 11 is 0. The second-order valence-corrected chi connectivity index (χ2v) is 6.28. The number of carbonyl (C=O) groups is 1. The summed E-state index contributed by atoms with van der Waals surface area (Å²) in [6.45, 7) is 4.86. The lowest BCUT2D eigenvalue weighted by Crippen LogP contribution is -2.56. The van der Waals surface area contributed by atoms with Crippen molar-refractivity contribution in [3.8, 4) is 12.3 Å². The first-order valence-corrected chi connectivity index (χ1v) is 7.72. The van der Waals surface area contributed by atoms with E-state index in [4.69, 9.17) is 6.42 Å². The van der Waals surface area contributed by atoms with Crippen LogP contribution >= 0.6 is 0 Å². The van der Waals surface area contributed by atoms with Gasteiger partial charge in [-0.05, 0) is 44.4 Å². The summed E-state index contributed by atoms with van der Waals surface area (Å²) in [5, 5.41) is 3.07. The third-order valence-corrected chi connectivity index (χ3v) is 4.90. The molecule has 4 rings (SSSR count). The van der Waals surface area contributed by atoms with Gasteiger partial charge in [0.05, 0.1) is 0 Å². The highest BCUT2D eigenvalue weighted by Crippen LogP contribution is 2.35. The third-order valence-electron chi connectivity index (χ3n) is 4.90. The fraction of sp³-hybridized carbons (Fsp3) is 0.500. The van der Waals surface area contributed by atoms with Crippen molar-refractivity contribution in [2.75, 3.05) is 19.6 Å². The average molecular weight is 282 g/mol. The van der Waals surface area contributed by atoms with Gasteiger partial charge in [0.1, 0.15) is 0 Å². The number of terminal acetylenes is 1. The first-order chi connectivity index (χ1) is 10.2. The predicted molar refractivity (Wildman–Crippen MR) is 83.9 cm³/mol. The Morgan fingerprint density at radius 1 is 1.43 bits per heavy atom. The van der Waals surface area contributed by atoms with Gasteiger partial charge in [-0.1, -0.05) is 17.7 Å². The molecule has 3 heterocycles. The van der Waals surface area contributed by atoms with E-state index in [2.05, 4.69) is 16.1 Å². The van der Waals surface area contributed by atoms with Gasteiger partial charge in [0.25, 0.3) is 5.91 Å². The van der Waals surface area contributed by atoms with Crippen molar-refractivity contribution in [3.05, 3.63) is 35.4 Å². The first-order valence-electron chi connectivity index (χ1n) is 7.72. The zero-order valence-corrected chi connectivity index (χ0v) is 12.5. The summed E-state index contributed by atoms with van der Waals surface area (Å²) < 4.78 is 0. The molecule has 1 aromatic rings. The number of rotatable bonds is 3. The molecule has 2 bridgehead atoms. The minimum atomic E-state index is 0.0196. The highest BCUT2D eigenvalue weighted by molar-refractivity contribution is 5.94. The molecule has 0 spiro atoms. The van der Waals surface area contributed by atoms with Gasteiger partial charge >= 0.3 is 0 Å². The number of nitrogens with zero attached hydrogens (tertiary/aromatic N) is 1. The van der Waals surface area contributed by atoms with E-state index in [0.717, 1.165) is 31.6 Å². The van der Waals surface area contributed by atoms with Gasteiger partial charge in [0.2, 0.25) is 0 Å². The highest BCUT2D eigenvalue weighted by Gasteiger charge is 2.39. The zero-order chi connectivity index (χ0) is 14.8. The van der Waals surface area contributed by atoms with Gasteiger partial charge in [-0.15, -0.1) is 12.3 Å². The van der Waals surface area contributed by atoms with Gasteiger partial charge in [0.15, 0.2) is 0 Å². The molecule has 0 saturated carbocycles. The summed E-state index contributed by atoms with van der Waals surface area (Å²) in [6, 6.07) is 8.15. The van der Waals surface area contributed by atoms with Crippen LogP contribution in [0.4, 0.5) is 0 Å². The van der Waals surface area contributed by atoms with E-state index in [1.807, 2.05) is 31.2 Å². The SMILES string of the molecule is C#C[C@H]1CN2CC[C@H]1C[C@@H]2CNC(=O)c1ccc(C)cc1. The fourth-order valence-electron chi connectivity index (χ4n) is 3.56. The number of aryl methyl sites for hydroxylation is 1. The minimum absolute atomic E-state index is 0.0196. The van der Waals surface area contributed by atoms with Gasteiger partial charge in [-0.2, -0.15) is 0 Å². The monoisotopic (exact) mass is 282 g/mol. The molecule has 1 aromatic carbocycles. The van der Waals surface area contributed by atoms with Crippen LogP contribution < -0.4 is 5.32 Å². The Hall–Kier alpha value is -1.79. The molecule has 3 saturated heterocycles. The van der Waals surface area contributed by atoms with Gasteiger partial charge in [0, 0.05) is 30.6 Å². The van der Waals surface area contributed by atoms with Crippen LogP contribution in [0, 0.1) is 31.1 Å². The predicted octanol–water partition coefficient (Wildman–Crippen LogP) is 2.07. The van der Waals surface area contributed by atoms with Crippen LogP contribution in [0.2, 0.25) is 0 Å². The molecule has 1 amide bonds. The average Bonchev–Trinajstić information content (AvgIpc) is 2.53. The van der Waals surface area contributed by atoms with Crippen LogP contribution in [0.15, 0.2) is 24.3 Å². The van der Waals surface area contributed by atoms with Crippen molar-refractivity contribution < 1.29 is 4.79 Å². The molecule has 3 nitrogen and oxygen atoms in total. The van der Waals surface area contributed by atoms with Crippen molar-refractivity contribution in [3.63, 3.8) is 0 Å². The quantitative estimate of drug-likeness (QED) is 0.861. The molecule has 1 N–H and O–H groups in total. The smallest absolute Gasteiger partial charge is 0.251 e. The summed E-state index contributed by atoms with van der Waals surface area (Å²) in [4.78, 5) is 14.6. The van der Waals surface area contributed by atoms with E-state index in [1.54, 1.807) is 0 Å². The summed E-state index contributed by atoms with van der Waals surface area (Å²) in [7, 11) is 0. The van der Waals surface area contributed by atoms with Crippen LogP contribution in [0.5, 0.6) is 0 Å². The van der Waals surface area contributed by atoms with Crippen LogP contribution in [-0.2, 0) is 0 Å². The fourth-order valence-corrected chi connectivity index (χ4v) is 3.56. The highest BCUT2D eigenvalue weighted by atomic mass is 16.1. The lowest BCUT2D eigenvalue weighted by Gasteiger charge is -2.48. The molecule has 0 radical (unpaired) electrons. The summed E-state index contributed by atoms with van der Waals surface area (Å²) in [5.41, 5.74) is 1.90. The molecule has 3 fully saturated rings. The summed E-state index contributed by atoms with van der Waals surface area (Å²) in [6.07, 6.45) is 7.92. The Kier molecular flexibility index (Phi) is 3.98. The van der Waals surface area contributed by atoms with Crippen LogP contribution in [0.25, 0.3) is 0 Å². The number of benzene rings is 1. The van der Waals surface area contributed by atoms with Crippen molar-refractivity contribution in [2.45, 2.75) is 25.8 Å². The van der Waals surface area contributed by atoms with E-state index in [1.165, 1.54) is 12.0 Å². The Labute approximate surface area is 126 Å². The molecule has 110 valence electrons. The Morgan fingerprint density at radius 3 is 2.81 bits per heavy atom. The molecule has 3 heteroatoms. The van der Waals surface area contributed by atoms with E-state index >= 15 is 0 Å². The van der Waals surface area contributed by atoms with E-state index < -0.39 is 0 Å². The molecular formula is C18H22N2O. The van der Waals surface area contributed by atoms with Crippen molar-refractivity contribution in [1.29, 1.82) is 0 Å². The van der Waals surface area contributed by atoms with Crippen molar-refractivity contribution in [1.82, 2.24) is 10.2 Å². The first kappa shape index (κ1) is 14.2. The topological polar surface area (TPSA) is 32.3 Å². The number of hydrogen-bond acceptors (Lipinski definition) is 2. The van der Waals surface area contributed by atoms with Crippen LogP contribution in [0.1, 0.15) is 28.8 Å². The van der Waals surface area contributed by atoms with Gasteiger partial charge in [-0.3, -0.25) is 9.69 Å². The standard InChI is InChI=1S/C18H22N2O/c1-3-14-12-20-9-8-16(14)10-17(20)11-19-18(21)15-6-4-13(2)5-7-15/h1,4-7,14,16-17H,8-12H2,2H3,(H,19,21)/t14-,16-,17+/m0/s1. The normalized spacial score (nSPS) is 30.7. The largest absolute Gasteiger partial charge is 0.350 e. The third kappa shape index (κ3) is 2.96. The maximum Gasteiger partial charge on any atom is 0.251 e. The number of fused-ring (bicyclic) bond motifs is 3. The molecule has 4 atom stereocenters. The zero-order valence-electron chi connectivity index (χ0n) is 12.5. The molecule has 3 aliphatic heterocycles. The van der Waals surface area contributed by atoms with Crippen LogP contribution in [0.3, 0.4) is 0 Å². The number of amides is 1. The maximum atomic E-state index is 12.2. The number of nitrogens with one attached hydrogen (secondary N) is 1. The van der Waals surface area contributed by atoms with Crippen LogP contribution in [-0.4, -0.2) is 36.5 Å². The molecule has 21 heavy (non-hydrogen) atoms. The van der Waals surface area contributed by atoms with E-state index in [9.17, 15) is 4.79 Å². The van der Waals surface area contributed by atoms with E-state index in [-0.39, 0.29) is 5.91 Å². The maximum absolute atomic E-state index is 12.2. The lowest BCUT2D eigenvalue weighted by molar-refractivity contribution is 0.0227. The minimum Gasteiger partial charge on any atom is -0.350 e. The summed E-state index contributed by atoms with van der Waals surface area (Å²) in [5.74, 6) is 3.99. The Balaban J connectivity index is 1.55. The lowest BCUT2D eigenvalue weighted by atomic mass is 9.76. The Bertz CT molecular complexity index is 558. The molecule has 0 aromatic heterocycles. The number of piperidine rings is 3. The second-order valence-electron chi connectivity index (χ2n) is 6.28. The number of carbonyl (C=O) groups excluding carboxylic acids is 1. The Morgan fingerprint density at radius 2 is 2.19 bits per heavy atom.